The van der Waals surface area contributed by atoms with Crippen molar-refractivity contribution in [3.05, 3.63) is 23.0 Å². The van der Waals surface area contributed by atoms with E-state index in [0.29, 0.717) is 13.1 Å². The van der Waals surface area contributed by atoms with Crippen LogP contribution >= 0.6 is 0 Å². The lowest BCUT2D eigenvalue weighted by atomic mass is 10.1. The Balaban J connectivity index is 1.92. The third-order valence-corrected chi connectivity index (χ3v) is 4.22. The summed E-state index contributed by atoms with van der Waals surface area (Å²) in [5.41, 5.74) is 2.88. The van der Waals surface area contributed by atoms with Crippen LogP contribution < -0.4 is 5.32 Å². The van der Waals surface area contributed by atoms with E-state index < -0.39 is 6.09 Å². The number of rotatable bonds is 4. The smallest absolute Gasteiger partial charge is 0.407 e. The first-order valence-electron chi connectivity index (χ1n) is 7.15. The van der Waals surface area contributed by atoms with Gasteiger partial charge in [-0.2, -0.15) is 0 Å². The number of alkyl carbamates (subject to hydrolysis) is 1. The lowest BCUT2D eigenvalue weighted by Crippen LogP contribution is -2.38. The SMILES string of the molecule is COC(=O)NC1CCN(CC(=O)c2cc(C)n(C)c2C)C1. The van der Waals surface area contributed by atoms with Gasteiger partial charge in [0.05, 0.1) is 13.7 Å². The molecule has 0 spiro atoms. The van der Waals surface area contributed by atoms with Gasteiger partial charge in [0.25, 0.3) is 0 Å². The number of carbonyl (C=O) groups excluding carboxylic acids is 2. The lowest BCUT2D eigenvalue weighted by Gasteiger charge is -2.15. The Bertz CT molecular complexity index is 551. The van der Waals surface area contributed by atoms with E-state index in [0.717, 1.165) is 29.9 Å². The van der Waals surface area contributed by atoms with Crippen LogP contribution in [-0.2, 0) is 11.8 Å². The van der Waals surface area contributed by atoms with E-state index in [-0.39, 0.29) is 11.8 Å². The van der Waals surface area contributed by atoms with Crippen LogP contribution in [0.1, 0.15) is 28.2 Å². The number of aryl methyl sites for hydroxylation is 1. The van der Waals surface area contributed by atoms with Gasteiger partial charge in [-0.15, -0.1) is 0 Å². The third-order valence-electron chi connectivity index (χ3n) is 4.22. The molecule has 1 aromatic heterocycles. The molecule has 2 rings (SSSR count). The molecule has 1 saturated heterocycles. The van der Waals surface area contributed by atoms with Crippen molar-refractivity contribution in [2.75, 3.05) is 26.7 Å². The average molecular weight is 293 g/mol. The van der Waals surface area contributed by atoms with Gasteiger partial charge in [0.2, 0.25) is 0 Å². The molecule has 1 N–H and O–H groups in total. The highest BCUT2D eigenvalue weighted by Crippen LogP contribution is 2.16. The Morgan fingerprint density at radius 1 is 1.43 bits per heavy atom. The number of likely N-dealkylation sites (tertiary alicyclic amines) is 1. The van der Waals surface area contributed by atoms with Crippen molar-refractivity contribution in [2.45, 2.75) is 26.3 Å². The molecule has 0 aromatic carbocycles. The van der Waals surface area contributed by atoms with Crippen LogP contribution in [0.4, 0.5) is 4.79 Å². The molecular formula is C15H23N3O3. The fourth-order valence-electron chi connectivity index (χ4n) is 2.75. The molecular weight excluding hydrogens is 270 g/mol. The van der Waals surface area contributed by atoms with Gasteiger partial charge in [0, 0.05) is 43.1 Å². The average Bonchev–Trinajstić information content (AvgIpc) is 2.98. The fourth-order valence-corrected chi connectivity index (χ4v) is 2.75. The van der Waals surface area contributed by atoms with Crippen LogP contribution in [0.5, 0.6) is 0 Å². The third kappa shape index (κ3) is 3.44. The quantitative estimate of drug-likeness (QED) is 0.849. The number of hydrogen-bond acceptors (Lipinski definition) is 4. The van der Waals surface area contributed by atoms with E-state index in [1.165, 1.54) is 7.11 Å². The molecule has 0 radical (unpaired) electrons. The molecule has 6 nitrogen and oxygen atoms in total. The van der Waals surface area contributed by atoms with Crippen molar-refractivity contribution in [3.8, 4) is 0 Å². The minimum atomic E-state index is -0.414. The highest BCUT2D eigenvalue weighted by atomic mass is 16.5. The number of carbonyl (C=O) groups is 2. The van der Waals surface area contributed by atoms with E-state index >= 15 is 0 Å². The monoisotopic (exact) mass is 293 g/mol. The normalized spacial score (nSPS) is 18.8. The fraction of sp³-hybridized carbons (Fsp3) is 0.600. The number of hydrogen-bond donors (Lipinski definition) is 1. The summed E-state index contributed by atoms with van der Waals surface area (Å²) >= 11 is 0. The van der Waals surface area contributed by atoms with Gasteiger partial charge in [-0.1, -0.05) is 0 Å². The first-order chi connectivity index (χ1) is 9.92. The van der Waals surface area contributed by atoms with Crippen molar-refractivity contribution in [2.24, 2.45) is 7.05 Å². The topological polar surface area (TPSA) is 63.6 Å². The van der Waals surface area contributed by atoms with Gasteiger partial charge >= 0.3 is 6.09 Å². The number of aromatic nitrogens is 1. The number of amides is 1. The number of nitrogens with one attached hydrogen (secondary N) is 1. The Morgan fingerprint density at radius 2 is 2.14 bits per heavy atom. The Labute approximate surface area is 125 Å². The van der Waals surface area contributed by atoms with Crippen LogP contribution in [0.25, 0.3) is 0 Å². The van der Waals surface area contributed by atoms with Crippen molar-refractivity contribution in [3.63, 3.8) is 0 Å². The van der Waals surface area contributed by atoms with Crippen molar-refractivity contribution in [1.29, 1.82) is 0 Å². The summed E-state index contributed by atoms with van der Waals surface area (Å²) in [5.74, 6) is 0.134. The van der Waals surface area contributed by atoms with Gasteiger partial charge in [-0.05, 0) is 26.3 Å². The van der Waals surface area contributed by atoms with E-state index in [2.05, 4.69) is 15.0 Å². The predicted octanol–water partition coefficient (Wildman–Crippen LogP) is 1.25. The Morgan fingerprint density at radius 3 is 2.71 bits per heavy atom. The molecule has 21 heavy (non-hydrogen) atoms. The van der Waals surface area contributed by atoms with E-state index in [9.17, 15) is 9.59 Å². The molecule has 1 amide bonds. The molecule has 6 heteroatoms. The van der Waals surface area contributed by atoms with Crippen molar-refractivity contribution < 1.29 is 14.3 Å². The van der Waals surface area contributed by atoms with Crippen LogP contribution in [0.3, 0.4) is 0 Å². The largest absolute Gasteiger partial charge is 0.453 e. The Kier molecular flexibility index (Phi) is 4.67. The zero-order chi connectivity index (χ0) is 15.6. The molecule has 0 aliphatic carbocycles. The number of ketones is 1. The first kappa shape index (κ1) is 15.6. The highest BCUT2D eigenvalue weighted by molar-refractivity contribution is 5.99. The maximum absolute atomic E-state index is 12.4. The summed E-state index contributed by atoms with van der Waals surface area (Å²) in [6.07, 6.45) is 0.428. The lowest BCUT2D eigenvalue weighted by molar-refractivity contribution is 0.0943. The zero-order valence-electron chi connectivity index (χ0n) is 13.1. The maximum Gasteiger partial charge on any atom is 0.407 e. The molecule has 2 heterocycles. The first-order valence-corrected chi connectivity index (χ1v) is 7.15. The molecule has 1 unspecified atom stereocenters. The summed E-state index contributed by atoms with van der Waals surface area (Å²) in [6, 6.07) is 2.00. The molecule has 0 bridgehead atoms. The molecule has 116 valence electrons. The minimum Gasteiger partial charge on any atom is -0.453 e. The van der Waals surface area contributed by atoms with Gasteiger partial charge in [0.15, 0.2) is 5.78 Å². The zero-order valence-corrected chi connectivity index (χ0v) is 13.1. The summed E-state index contributed by atoms with van der Waals surface area (Å²) in [5, 5.41) is 2.78. The van der Waals surface area contributed by atoms with Crippen LogP contribution in [-0.4, -0.2) is 54.1 Å². The second-order valence-corrected chi connectivity index (χ2v) is 5.62. The van der Waals surface area contributed by atoms with Gasteiger partial charge in [-0.25, -0.2) is 4.79 Å². The molecule has 1 aliphatic heterocycles. The van der Waals surface area contributed by atoms with Crippen molar-refractivity contribution in [1.82, 2.24) is 14.8 Å². The number of Topliss-reactive ketones (excluding diaryl/α,β-unsaturated/α-hetero) is 1. The van der Waals surface area contributed by atoms with Crippen molar-refractivity contribution >= 4 is 11.9 Å². The van der Waals surface area contributed by atoms with Gasteiger partial charge < -0.3 is 14.6 Å². The van der Waals surface area contributed by atoms with Crippen LogP contribution in [0.2, 0.25) is 0 Å². The highest BCUT2D eigenvalue weighted by Gasteiger charge is 2.26. The van der Waals surface area contributed by atoms with E-state index in [1.54, 1.807) is 0 Å². The summed E-state index contributed by atoms with van der Waals surface area (Å²) in [7, 11) is 3.32. The second kappa shape index (κ2) is 6.30. The second-order valence-electron chi connectivity index (χ2n) is 5.62. The van der Waals surface area contributed by atoms with Gasteiger partial charge in [0.1, 0.15) is 0 Å². The van der Waals surface area contributed by atoms with E-state index in [1.807, 2.05) is 31.5 Å². The molecule has 1 atom stereocenters. The molecule has 1 aliphatic rings. The van der Waals surface area contributed by atoms with Gasteiger partial charge in [-0.3, -0.25) is 9.69 Å². The number of methoxy groups -OCH3 is 1. The number of ether oxygens (including phenoxy) is 1. The van der Waals surface area contributed by atoms with Crippen LogP contribution in [0.15, 0.2) is 6.07 Å². The van der Waals surface area contributed by atoms with E-state index in [4.69, 9.17) is 0 Å². The molecule has 0 saturated carbocycles. The standard InChI is InChI=1S/C15H23N3O3/c1-10-7-13(11(2)17(10)3)14(19)9-18-6-5-12(8-18)16-15(20)21-4/h7,12H,5-6,8-9H2,1-4H3,(H,16,20). The molecule has 1 aromatic rings. The minimum absolute atomic E-state index is 0.0591. The summed E-state index contributed by atoms with van der Waals surface area (Å²) < 4.78 is 6.62. The predicted molar refractivity (Wildman–Crippen MR) is 79.6 cm³/mol. The maximum atomic E-state index is 12.4. The number of nitrogens with zero attached hydrogens (tertiary/aromatic N) is 2. The molecule has 1 fully saturated rings. The van der Waals surface area contributed by atoms with Crippen LogP contribution in [0, 0.1) is 13.8 Å². The summed E-state index contributed by atoms with van der Waals surface area (Å²) in [6.45, 7) is 5.85. The Hall–Kier alpha value is -1.82. The summed E-state index contributed by atoms with van der Waals surface area (Å²) in [4.78, 5) is 25.7.